The Balaban J connectivity index is 0.00000312. The Labute approximate surface area is 156 Å². The number of carbonyl (C=O) groups is 1. The van der Waals surface area contributed by atoms with Crippen LogP contribution in [-0.4, -0.2) is 44.8 Å². The summed E-state index contributed by atoms with van der Waals surface area (Å²) in [7, 11) is -1.89. The Morgan fingerprint density at radius 1 is 1.32 bits per heavy atom. The van der Waals surface area contributed by atoms with Gasteiger partial charge in [-0.3, -0.25) is 4.79 Å². The van der Waals surface area contributed by atoms with E-state index >= 15 is 0 Å². The molecule has 0 aromatic heterocycles. The Kier molecular flexibility index (Phi) is 8.34. The molecule has 1 unspecified atom stereocenters. The predicted molar refractivity (Wildman–Crippen MR) is 101 cm³/mol. The number of halogens is 1. The van der Waals surface area contributed by atoms with Crippen molar-refractivity contribution in [1.29, 1.82) is 0 Å². The first-order valence-electron chi connectivity index (χ1n) is 8.38. The van der Waals surface area contributed by atoms with E-state index < -0.39 is 10.0 Å². The molecule has 6 nitrogen and oxygen atoms in total. The zero-order chi connectivity index (χ0) is 17.7. The van der Waals surface area contributed by atoms with Crippen LogP contribution in [-0.2, 0) is 21.4 Å². The van der Waals surface area contributed by atoms with Gasteiger partial charge >= 0.3 is 0 Å². The van der Waals surface area contributed by atoms with Gasteiger partial charge in [0.1, 0.15) is 0 Å². The van der Waals surface area contributed by atoms with Gasteiger partial charge in [0.25, 0.3) is 0 Å². The van der Waals surface area contributed by atoms with Gasteiger partial charge < -0.3 is 10.6 Å². The van der Waals surface area contributed by atoms with Gasteiger partial charge in [-0.05, 0) is 50.9 Å². The molecule has 25 heavy (non-hydrogen) atoms. The highest BCUT2D eigenvalue weighted by molar-refractivity contribution is 7.89. The average Bonchev–Trinajstić information content (AvgIpc) is 2.60. The third-order valence-electron chi connectivity index (χ3n) is 4.46. The van der Waals surface area contributed by atoms with Gasteiger partial charge in [0.2, 0.25) is 15.9 Å². The minimum absolute atomic E-state index is 0. The molecule has 1 saturated heterocycles. The quantitative estimate of drug-likeness (QED) is 0.777. The van der Waals surface area contributed by atoms with Crippen LogP contribution in [0.15, 0.2) is 29.2 Å². The van der Waals surface area contributed by atoms with Crippen molar-refractivity contribution < 1.29 is 13.2 Å². The molecule has 1 atom stereocenters. The molecule has 1 aromatic rings. The Hall–Kier alpha value is -1.15. The van der Waals surface area contributed by atoms with E-state index in [0.29, 0.717) is 6.54 Å². The van der Waals surface area contributed by atoms with Gasteiger partial charge in [-0.2, -0.15) is 4.31 Å². The average molecular weight is 390 g/mol. The van der Waals surface area contributed by atoms with Gasteiger partial charge in [0, 0.05) is 26.2 Å². The minimum Gasteiger partial charge on any atom is -0.352 e. The van der Waals surface area contributed by atoms with Gasteiger partial charge in [-0.1, -0.05) is 12.1 Å². The van der Waals surface area contributed by atoms with Crippen molar-refractivity contribution in [3.05, 3.63) is 29.8 Å². The predicted octanol–water partition coefficient (Wildman–Crippen LogP) is 1.75. The third-order valence-corrected chi connectivity index (χ3v) is 6.51. The van der Waals surface area contributed by atoms with Gasteiger partial charge in [0.15, 0.2) is 0 Å². The Morgan fingerprint density at radius 3 is 2.48 bits per heavy atom. The van der Waals surface area contributed by atoms with E-state index in [1.165, 1.54) is 4.31 Å². The molecule has 1 amide bonds. The van der Waals surface area contributed by atoms with E-state index in [-0.39, 0.29) is 35.2 Å². The number of sulfonamides is 1. The Morgan fingerprint density at radius 2 is 1.96 bits per heavy atom. The molecule has 0 aliphatic carbocycles. The van der Waals surface area contributed by atoms with Crippen LogP contribution in [0.2, 0.25) is 0 Å². The molecule has 0 saturated carbocycles. The standard InChI is InChI=1S/C17H27N3O3S.ClH/c1-13(2)20(3)24(22,23)16-8-6-14(7-9-16)11-19-17(21)15-5-4-10-18-12-15;/h6-9,13,15,18H,4-5,10-12H2,1-3H3,(H,19,21);1H. The smallest absolute Gasteiger partial charge is 0.243 e. The maximum absolute atomic E-state index is 12.4. The molecule has 0 bridgehead atoms. The lowest BCUT2D eigenvalue weighted by atomic mass is 9.99. The van der Waals surface area contributed by atoms with Crippen LogP contribution in [0.5, 0.6) is 0 Å². The summed E-state index contributed by atoms with van der Waals surface area (Å²) >= 11 is 0. The topological polar surface area (TPSA) is 78.5 Å². The van der Waals surface area contributed by atoms with E-state index in [1.807, 2.05) is 13.8 Å². The van der Waals surface area contributed by atoms with Crippen LogP contribution in [0.25, 0.3) is 0 Å². The highest BCUT2D eigenvalue weighted by Gasteiger charge is 2.23. The van der Waals surface area contributed by atoms with Crippen molar-refractivity contribution >= 4 is 28.3 Å². The summed E-state index contributed by atoms with van der Waals surface area (Å²) in [6.45, 7) is 5.79. The first-order valence-corrected chi connectivity index (χ1v) is 9.82. The second-order valence-electron chi connectivity index (χ2n) is 6.52. The number of benzene rings is 1. The van der Waals surface area contributed by atoms with Gasteiger partial charge in [0.05, 0.1) is 10.8 Å². The molecule has 8 heteroatoms. The number of piperidine rings is 1. The molecular formula is C17H28ClN3O3S. The highest BCUT2D eigenvalue weighted by Crippen LogP contribution is 2.17. The van der Waals surface area contributed by atoms with Crippen LogP contribution in [0.3, 0.4) is 0 Å². The van der Waals surface area contributed by atoms with E-state index in [0.717, 1.165) is 31.5 Å². The second-order valence-corrected chi connectivity index (χ2v) is 8.52. The molecule has 2 rings (SSSR count). The molecule has 0 spiro atoms. The normalized spacial score (nSPS) is 18.0. The minimum atomic E-state index is -3.47. The van der Waals surface area contributed by atoms with E-state index in [4.69, 9.17) is 0 Å². The van der Waals surface area contributed by atoms with Crippen molar-refractivity contribution in [2.45, 2.75) is 44.2 Å². The van der Waals surface area contributed by atoms with Crippen molar-refractivity contribution in [2.75, 3.05) is 20.1 Å². The summed E-state index contributed by atoms with van der Waals surface area (Å²) in [4.78, 5) is 12.4. The second kappa shape index (κ2) is 9.52. The maximum Gasteiger partial charge on any atom is 0.243 e. The van der Waals surface area contributed by atoms with Crippen LogP contribution in [0.1, 0.15) is 32.3 Å². The largest absolute Gasteiger partial charge is 0.352 e. The Bertz CT molecular complexity index is 656. The number of amides is 1. The van der Waals surface area contributed by atoms with Crippen molar-refractivity contribution in [3.63, 3.8) is 0 Å². The van der Waals surface area contributed by atoms with Gasteiger partial charge in [-0.15, -0.1) is 12.4 Å². The zero-order valence-corrected chi connectivity index (χ0v) is 16.6. The van der Waals surface area contributed by atoms with Crippen LogP contribution < -0.4 is 10.6 Å². The maximum atomic E-state index is 12.4. The first kappa shape index (κ1) is 21.9. The molecule has 1 aromatic carbocycles. The van der Waals surface area contributed by atoms with Crippen LogP contribution >= 0.6 is 12.4 Å². The molecule has 1 heterocycles. The molecule has 1 aliphatic rings. The van der Waals surface area contributed by atoms with Crippen molar-refractivity contribution in [1.82, 2.24) is 14.9 Å². The van der Waals surface area contributed by atoms with Crippen molar-refractivity contribution in [3.8, 4) is 0 Å². The molecule has 2 N–H and O–H groups in total. The van der Waals surface area contributed by atoms with Gasteiger partial charge in [-0.25, -0.2) is 8.42 Å². The van der Waals surface area contributed by atoms with E-state index in [9.17, 15) is 13.2 Å². The summed E-state index contributed by atoms with van der Waals surface area (Å²) in [5.41, 5.74) is 0.887. The third kappa shape index (κ3) is 5.67. The fraction of sp³-hybridized carbons (Fsp3) is 0.588. The van der Waals surface area contributed by atoms with Crippen LogP contribution in [0, 0.1) is 5.92 Å². The molecule has 142 valence electrons. The fourth-order valence-corrected chi connectivity index (χ4v) is 4.00. The zero-order valence-electron chi connectivity index (χ0n) is 15.0. The first-order chi connectivity index (χ1) is 11.3. The summed E-state index contributed by atoms with van der Waals surface area (Å²) in [5.74, 6) is 0.0801. The number of hydrogen-bond donors (Lipinski definition) is 2. The summed E-state index contributed by atoms with van der Waals surface area (Å²) in [6.07, 6.45) is 1.94. The summed E-state index contributed by atoms with van der Waals surface area (Å²) < 4.78 is 26.2. The summed E-state index contributed by atoms with van der Waals surface area (Å²) in [6, 6.07) is 6.59. The number of carbonyl (C=O) groups excluding carboxylic acids is 1. The number of nitrogens with zero attached hydrogens (tertiary/aromatic N) is 1. The molecule has 1 aliphatic heterocycles. The lowest BCUT2D eigenvalue weighted by molar-refractivity contribution is -0.125. The molecular weight excluding hydrogens is 362 g/mol. The molecule has 0 radical (unpaired) electrons. The number of nitrogens with one attached hydrogen (secondary N) is 2. The fourth-order valence-electron chi connectivity index (χ4n) is 2.63. The number of rotatable bonds is 6. The van der Waals surface area contributed by atoms with Crippen molar-refractivity contribution in [2.24, 2.45) is 5.92 Å². The van der Waals surface area contributed by atoms with E-state index in [2.05, 4.69) is 10.6 Å². The lowest BCUT2D eigenvalue weighted by Gasteiger charge is -2.22. The van der Waals surface area contributed by atoms with E-state index in [1.54, 1.807) is 31.3 Å². The lowest BCUT2D eigenvalue weighted by Crippen LogP contribution is -2.40. The monoisotopic (exact) mass is 389 g/mol. The summed E-state index contributed by atoms with van der Waals surface area (Å²) in [5, 5.41) is 6.15. The highest BCUT2D eigenvalue weighted by atomic mass is 35.5. The number of hydrogen-bond acceptors (Lipinski definition) is 4. The molecule has 1 fully saturated rings. The van der Waals surface area contributed by atoms with Crippen LogP contribution in [0.4, 0.5) is 0 Å². The SMILES string of the molecule is CC(C)N(C)S(=O)(=O)c1ccc(CNC(=O)C2CCCNC2)cc1.Cl.